The molecule has 1 fully saturated rings. The van der Waals surface area contributed by atoms with Crippen molar-refractivity contribution in [3.05, 3.63) is 53.2 Å². The van der Waals surface area contributed by atoms with Crippen molar-refractivity contribution in [2.45, 2.75) is 63.7 Å². The summed E-state index contributed by atoms with van der Waals surface area (Å²) in [5, 5.41) is 0. The number of rotatable bonds is 1. The van der Waals surface area contributed by atoms with Gasteiger partial charge in [-0.05, 0) is 56.2 Å². The fourth-order valence-corrected chi connectivity index (χ4v) is 5.00. The highest BCUT2D eigenvalue weighted by Gasteiger charge is 2.39. The van der Waals surface area contributed by atoms with Gasteiger partial charge in [0.1, 0.15) is 7.05 Å². The first-order valence-electron chi connectivity index (χ1n) is 9.29. The van der Waals surface area contributed by atoms with Crippen LogP contribution in [-0.2, 0) is 18.9 Å². The first kappa shape index (κ1) is 14.9. The molecular formula is C22H28N+. The first-order chi connectivity index (χ1) is 11.2. The van der Waals surface area contributed by atoms with Crippen LogP contribution in [0.4, 0.5) is 0 Å². The molecule has 1 heteroatoms. The van der Waals surface area contributed by atoms with E-state index in [-0.39, 0.29) is 0 Å². The van der Waals surface area contributed by atoms with Gasteiger partial charge < -0.3 is 0 Å². The molecule has 0 aliphatic heterocycles. The van der Waals surface area contributed by atoms with E-state index in [2.05, 4.69) is 55.1 Å². The number of fused-ring (bicyclic) bond motifs is 2. The second-order valence-electron chi connectivity index (χ2n) is 7.72. The molecule has 0 bridgehead atoms. The van der Waals surface area contributed by atoms with Crippen LogP contribution in [0.3, 0.4) is 0 Å². The average molecular weight is 306 g/mol. The van der Waals surface area contributed by atoms with Gasteiger partial charge >= 0.3 is 0 Å². The van der Waals surface area contributed by atoms with Crippen LogP contribution in [0.2, 0.25) is 0 Å². The third-order valence-corrected chi connectivity index (χ3v) is 6.26. The highest BCUT2D eigenvalue weighted by molar-refractivity contribution is 5.62. The number of hydrogen-bond donors (Lipinski definition) is 0. The van der Waals surface area contributed by atoms with Crippen LogP contribution in [0.5, 0.6) is 0 Å². The molecule has 0 amide bonds. The van der Waals surface area contributed by atoms with E-state index in [1.807, 2.05) is 0 Å². The molecule has 2 aliphatic rings. The molecular weight excluding hydrogens is 278 g/mol. The molecule has 120 valence electrons. The van der Waals surface area contributed by atoms with Gasteiger partial charge in [0.05, 0.1) is 0 Å². The van der Waals surface area contributed by atoms with E-state index in [4.69, 9.17) is 0 Å². The zero-order valence-electron chi connectivity index (χ0n) is 14.6. The summed E-state index contributed by atoms with van der Waals surface area (Å²) >= 11 is 0. The summed E-state index contributed by atoms with van der Waals surface area (Å²) in [5.41, 5.74) is 7.90. The standard InChI is InChI=1S/C22H28N/c1-17-9-4-5-11-19(17)21-15-18-10-8-14-22(12-6-3-7-13-22)20(18)16-23(21)2/h4-5,9,11,15-16H,3,6-8,10,12-14H2,1-2H3/q+1. The van der Waals surface area contributed by atoms with Crippen LogP contribution in [0, 0.1) is 6.92 Å². The number of aryl methyl sites for hydroxylation is 3. The topological polar surface area (TPSA) is 3.88 Å². The third kappa shape index (κ3) is 2.51. The van der Waals surface area contributed by atoms with Gasteiger partial charge in [0.2, 0.25) is 5.69 Å². The molecule has 2 aliphatic carbocycles. The van der Waals surface area contributed by atoms with Crippen molar-refractivity contribution in [1.82, 2.24) is 0 Å². The normalized spacial score (nSPS) is 19.6. The van der Waals surface area contributed by atoms with Crippen LogP contribution in [-0.4, -0.2) is 0 Å². The van der Waals surface area contributed by atoms with E-state index in [0.29, 0.717) is 5.41 Å². The summed E-state index contributed by atoms with van der Waals surface area (Å²) in [6, 6.07) is 11.3. The third-order valence-electron chi connectivity index (χ3n) is 6.26. The van der Waals surface area contributed by atoms with Gasteiger partial charge in [-0.25, -0.2) is 4.57 Å². The Balaban J connectivity index is 1.84. The van der Waals surface area contributed by atoms with Crippen LogP contribution >= 0.6 is 0 Å². The Kier molecular flexibility index (Phi) is 3.75. The average Bonchev–Trinajstić information content (AvgIpc) is 2.57. The monoisotopic (exact) mass is 306 g/mol. The molecule has 0 N–H and O–H groups in total. The molecule has 1 nitrogen and oxygen atoms in total. The molecule has 1 aromatic carbocycles. The van der Waals surface area contributed by atoms with Crippen molar-refractivity contribution in [2.75, 3.05) is 0 Å². The molecule has 0 radical (unpaired) electrons. The Morgan fingerprint density at radius 3 is 2.48 bits per heavy atom. The maximum Gasteiger partial charge on any atom is 0.212 e. The molecule has 1 saturated carbocycles. The van der Waals surface area contributed by atoms with Crippen molar-refractivity contribution in [2.24, 2.45) is 7.05 Å². The predicted octanol–water partition coefficient (Wildman–Crippen LogP) is 5.02. The minimum atomic E-state index is 0.494. The second-order valence-corrected chi connectivity index (χ2v) is 7.72. The first-order valence-corrected chi connectivity index (χ1v) is 9.29. The Bertz CT molecular complexity index is 723. The second kappa shape index (κ2) is 5.78. The quantitative estimate of drug-likeness (QED) is 0.651. The molecule has 1 spiro atoms. The molecule has 1 aromatic heterocycles. The minimum absolute atomic E-state index is 0.494. The van der Waals surface area contributed by atoms with Gasteiger partial charge in [-0.15, -0.1) is 0 Å². The Labute approximate surface area is 140 Å². The van der Waals surface area contributed by atoms with Crippen molar-refractivity contribution >= 4 is 0 Å². The maximum absolute atomic E-state index is 2.49. The van der Waals surface area contributed by atoms with E-state index in [9.17, 15) is 0 Å². The highest BCUT2D eigenvalue weighted by atomic mass is 14.9. The van der Waals surface area contributed by atoms with Crippen molar-refractivity contribution in [1.29, 1.82) is 0 Å². The van der Waals surface area contributed by atoms with Crippen molar-refractivity contribution < 1.29 is 4.57 Å². The van der Waals surface area contributed by atoms with Gasteiger partial charge in [0.15, 0.2) is 6.20 Å². The van der Waals surface area contributed by atoms with Gasteiger partial charge in [-0.1, -0.05) is 37.5 Å². The smallest absolute Gasteiger partial charge is 0.201 e. The number of aromatic nitrogens is 1. The summed E-state index contributed by atoms with van der Waals surface area (Å²) in [5.74, 6) is 0. The van der Waals surface area contributed by atoms with Crippen LogP contribution in [0.15, 0.2) is 36.5 Å². The SMILES string of the molecule is Cc1ccccc1-c1cc2c(c[n+]1C)C1(CCCCC1)CCC2. The van der Waals surface area contributed by atoms with E-state index in [1.54, 1.807) is 11.1 Å². The summed E-state index contributed by atoms with van der Waals surface area (Å²) in [7, 11) is 2.23. The number of hydrogen-bond acceptors (Lipinski definition) is 0. The summed E-state index contributed by atoms with van der Waals surface area (Å²) in [6.07, 6.45) is 13.6. The van der Waals surface area contributed by atoms with E-state index in [1.165, 1.54) is 68.2 Å². The lowest BCUT2D eigenvalue weighted by molar-refractivity contribution is -0.661. The largest absolute Gasteiger partial charge is 0.212 e. The van der Waals surface area contributed by atoms with E-state index in [0.717, 1.165) is 0 Å². The summed E-state index contributed by atoms with van der Waals surface area (Å²) in [4.78, 5) is 0. The lowest BCUT2D eigenvalue weighted by atomic mass is 9.63. The van der Waals surface area contributed by atoms with Crippen molar-refractivity contribution in [3.63, 3.8) is 0 Å². The number of benzene rings is 1. The zero-order valence-corrected chi connectivity index (χ0v) is 14.6. The molecule has 1 heterocycles. The van der Waals surface area contributed by atoms with Gasteiger partial charge in [0, 0.05) is 22.6 Å². The summed E-state index contributed by atoms with van der Waals surface area (Å²) < 4.78 is 2.38. The zero-order chi connectivity index (χ0) is 15.9. The molecule has 2 aromatic rings. The van der Waals surface area contributed by atoms with Gasteiger partial charge in [-0.2, -0.15) is 0 Å². The van der Waals surface area contributed by atoms with Crippen LogP contribution in [0.25, 0.3) is 11.3 Å². The lowest BCUT2D eigenvalue weighted by Crippen LogP contribution is -2.39. The Morgan fingerprint density at radius 1 is 0.957 bits per heavy atom. The lowest BCUT2D eigenvalue weighted by Gasteiger charge is -2.41. The van der Waals surface area contributed by atoms with Gasteiger partial charge in [0.25, 0.3) is 0 Å². The maximum atomic E-state index is 2.49. The Hall–Kier alpha value is -1.63. The number of nitrogens with zero attached hydrogens (tertiary/aromatic N) is 1. The molecule has 23 heavy (non-hydrogen) atoms. The van der Waals surface area contributed by atoms with Crippen molar-refractivity contribution in [3.8, 4) is 11.3 Å². The molecule has 0 unspecified atom stereocenters. The predicted molar refractivity (Wildman–Crippen MR) is 95.5 cm³/mol. The Morgan fingerprint density at radius 2 is 1.70 bits per heavy atom. The fraction of sp³-hybridized carbons (Fsp3) is 0.500. The minimum Gasteiger partial charge on any atom is -0.201 e. The molecule has 4 rings (SSSR count). The molecule has 0 atom stereocenters. The highest BCUT2D eigenvalue weighted by Crippen LogP contribution is 2.47. The van der Waals surface area contributed by atoms with Crippen LogP contribution in [0.1, 0.15) is 61.6 Å². The molecule has 0 saturated heterocycles. The van der Waals surface area contributed by atoms with E-state index < -0.39 is 0 Å². The fourth-order valence-electron chi connectivity index (χ4n) is 5.00. The van der Waals surface area contributed by atoms with E-state index >= 15 is 0 Å². The van der Waals surface area contributed by atoms with Crippen LogP contribution < -0.4 is 4.57 Å². The number of pyridine rings is 1. The van der Waals surface area contributed by atoms with Gasteiger partial charge in [-0.3, -0.25) is 0 Å². The summed E-state index contributed by atoms with van der Waals surface area (Å²) in [6.45, 7) is 2.22.